The van der Waals surface area contributed by atoms with Crippen LogP contribution in [0.4, 0.5) is 5.69 Å². The molecule has 0 amide bonds. The van der Waals surface area contributed by atoms with E-state index in [4.69, 9.17) is 9.84 Å². The van der Waals surface area contributed by atoms with E-state index in [1.54, 1.807) is 0 Å². The Morgan fingerprint density at radius 1 is 1.44 bits per heavy atom. The fourth-order valence-electron chi connectivity index (χ4n) is 1.85. The first-order valence-corrected chi connectivity index (χ1v) is 5.58. The van der Waals surface area contributed by atoms with E-state index in [9.17, 15) is 5.11 Å². The fraction of sp³-hybridized carbons (Fsp3) is 0.500. The van der Waals surface area contributed by atoms with Crippen LogP contribution in [0.15, 0.2) is 18.2 Å². The first kappa shape index (κ1) is 11.2. The third kappa shape index (κ3) is 2.46. The fourth-order valence-corrected chi connectivity index (χ4v) is 1.85. The first-order valence-electron chi connectivity index (χ1n) is 5.58. The van der Waals surface area contributed by atoms with Crippen LogP contribution in [0.5, 0.6) is 5.75 Å². The number of rotatable bonds is 4. The summed E-state index contributed by atoms with van der Waals surface area (Å²) in [5.41, 5.74) is 2.28. The van der Waals surface area contributed by atoms with E-state index >= 15 is 0 Å². The molecule has 0 aliphatic carbocycles. The Kier molecular flexibility index (Phi) is 3.64. The molecule has 16 heavy (non-hydrogen) atoms. The van der Waals surface area contributed by atoms with Crippen LogP contribution >= 0.6 is 0 Å². The van der Waals surface area contributed by atoms with Gasteiger partial charge in [-0.15, -0.1) is 0 Å². The smallest absolute Gasteiger partial charge is 0.124 e. The van der Waals surface area contributed by atoms with Gasteiger partial charge in [0.05, 0.1) is 6.61 Å². The number of nitrogens with one attached hydrogen (secondary N) is 1. The van der Waals surface area contributed by atoms with Gasteiger partial charge in [-0.25, -0.2) is 0 Å². The Balaban J connectivity index is 2.08. The summed E-state index contributed by atoms with van der Waals surface area (Å²) in [5, 5.41) is 21.3. The highest BCUT2D eigenvalue weighted by atomic mass is 16.5. The molecule has 1 atom stereocenters. The van der Waals surface area contributed by atoms with Gasteiger partial charge in [0.1, 0.15) is 18.5 Å². The molecule has 1 aromatic rings. The van der Waals surface area contributed by atoms with E-state index in [0.29, 0.717) is 0 Å². The molecule has 0 spiro atoms. The number of hydrogen-bond donors (Lipinski definition) is 3. The summed E-state index contributed by atoms with van der Waals surface area (Å²) in [7, 11) is 0. The minimum Gasteiger partial charge on any atom is -0.490 e. The molecule has 1 aliphatic heterocycles. The van der Waals surface area contributed by atoms with E-state index in [1.165, 1.54) is 5.56 Å². The predicted molar refractivity (Wildman–Crippen MR) is 61.8 cm³/mol. The number of anilines is 1. The van der Waals surface area contributed by atoms with Crippen LogP contribution in [-0.2, 0) is 6.42 Å². The molecule has 0 aromatic heterocycles. The van der Waals surface area contributed by atoms with Crippen LogP contribution in [0, 0.1) is 0 Å². The van der Waals surface area contributed by atoms with Crippen molar-refractivity contribution in [2.24, 2.45) is 0 Å². The van der Waals surface area contributed by atoms with E-state index < -0.39 is 6.10 Å². The third-order valence-corrected chi connectivity index (χ3v) is 2.69. The number of aliphatic hydroxyl groups excluding tert-OH is 2. The van der Waals surface area contributed by atoms with Gasteiger partial charge in [-0.1, -0.05) is 6.07 Å². The molecule has 3 N–H and O–H groups in total. The van der Waals surface area contributed by atoms with Crippen LogP contribution < -0.4 is 10.1 Å². The molecule has 0 radical (unpaired) electrons. The lowest BCUT2D eigenvalue weighted by atomic mass is 10.0. The van der Waals surface area contributed by atoms with Gasteiger partial charge in [-0.2, -0.15) is 0 Å². The van der Waals surface area contributed by atoms with Crippen LogP contribution in [0.2, 0.25) is 0 Å². The summed E-state index contributed by atoms with van der Waals surface area (Å²) < 4.78 is 5.51. The highest BCUT2D eigenvalue weighted by Crippen LogP contribution is 2.30. The molecule has 1 aromatic carbocycles. The highest BCUT2D eigenvalue weighted by Gasteiger charge is 2.14. The zero-order chi connectivity index (χ0) is 11.4. The minimum absolute atomic E-state index is 0.132. The van der Waals surface area contributed by atoms with Gasteiger partial charge in [0, 0.05) is 17.8 Å². The highest BCUT2D eigenvalue weighted by molar-refractivity contribution is 5.59. The molecule has 0 saturated carbocycles. The summed E-state index contributed by atoms with van der Waals surface area (Å²) in [6, 6.07) is 5.86. The molecular weight excluding hydrogens is 206 g/mol. The van der Waals surface area contributed by atoms with Crippen LogP contribution in [0.1, 0.15) is 12.0 Å². The lowest BCUT2D eigenvalue weighted by Gasteiger charge is -2.21. The van der Waals surface area contributed by atoms with Crippen LogP contribution in [0.3, 0.4) is 0 Å². The summed E-state index contributed by atoms with van der Waals surface area (Å²) in [6.07, 6.45) is 1.27. The van der Waals surface area contributed by atoms with E-state index in [-0.39, 0.29) is 13.2 Å². The lowest BCUT2D eigenvalue weighted by molar-refractivity contribution is 0.0533. The molecule has 0 fully saturated rings. The van der Waals surface area contributed by atoms with Crippen LogP contribution in [0.25, 0.3) is 0 Å². The Hall–Kier alpha value is -1.26. The largest absolute Gasteiger partial charge is 0.490 e. The Labute approximate surface area is 94.9 Å². The van der Waals surface area contributed by atoms with Crippen molar-refractivity contribution in [1.82, 2.24) is 0 Å². The molecule has 0 saturated heterocycles. The molecule has 1 aliphatic rings. The van der Waals surface area contributed by atoms with Gasteiger partial charge in [0.25, 0.3) is 0 Å². The van der Waals surface area contributed by atoms with Gasteiger partial charge in [0.15, 0.2) is 0 Å². The summed E-state index contributed by atoms with van der Waals surface area (Å²) in [5.74, 6) is 0.803. The van der Waals surface area contributed by atoms with E-state index in [2.05, 4.69) is 5.32 Å². The number of hydrogen-bond acceptors (Lipinski definition) is 4. The normalized spacial score (nSPS) is 16.1. The van der Waals surface area contributed by atoms with Crippen molar-refractivity contribution >= 4 is 5.69 Å². The maximum Gasteiger partial charge on any atom is 0.124 e. The molecule has 4 nitrogen and oxygen atoms in total. The van der Waals surface area contributed by atoms with Gasteiger partial charge in [0.2, 0.25) is 0 Å². The molecule has 1 unspecified atom stereocenters. The standard InChI is InChI=1S/C12H17NO3/c14-7-9(15)8-16-12-5-1-4-11-10(12)3-2-6-13-11/h1,4-5,9,13-15H,2-3,6-8H2. The summed E-state index contributed by atoms with van der Waals surface area (Å²) in [6.45, 7) is 0.857. The zero-order valence-corrected chi connectivity index (χ0v) is 9.15. The maximum absolute atomic E-state index is 9.23. The van der Waals surface area contributed by atoms with Crippen molar-refractivity contribution in [3.8, 4) is 5.75 Å². The van der Waals surface area contributed by atoms with Gasteiger partial charge in [-0.3, -0.25) is 0 Å². The van der Waals surface area contributed by atoms with Gasteiger partial charge >= 0.3 is 0 Å². The van der Waals surface area contributed by atoms with Crippen molar-refractivity contribution < 1.29 is 14.9 Å². The molecule has 88 valence electrons. The topological polar surface area (TPSA) is 61.7 Å². The molecule has 4 heteroatoms. The summed E-state index contributed by atoms with van der Waals surface area (Å²) in [4.78, 5) is 0. The number of ether oxygens (including phenoxy) is 1. The molecule has 0 bridgehead atoms. The Bertz CT molecular complexity index is 354. The first-order chi connectivity index (χ1) is 7.81. The number of benzene rings is 1. The van der Waals surface area contributed by atoms with Crippen molar-refractivity contribution in [2.45, 2.75) is 18.9 Å². The number of aliphatic hydroxyl groups is 2. The SMILES string of the molecule is OCC(O)COc1cccc2c1CCCN2. The van der Waals surface area contributed by atoms with Crippen molar-refractivity contribution in [1.29, 1.82) is 0 Å². The van der Waals surface area contributed by atoms with Crippen molar-refractivity contribution in [2.75, 3.05) is 25.1 Å². The summed E-state index contributed by atoms with van der Waals surface area (Å²) >= 11 is 0. The lowest BCUT2D eigenvalue weighted by Crippen LogP contribution is -2.22. The Morgan fingerprint density at radius 2 is 2.31 bits per heavy atom. The minimum atomic E-state index is -0.813. The zero-order valence-electron chi connectivity index (χ0n) is 9.15. The van der Waals surface area contributed by atoms with Gasteiger partial charge < -0.3 is 20.3 Å². The quantitative estimate of drug-likeness (QED) is 0.706. The molecular formula is C12H17NO3. The maximum atomic E-state index is 9.23. The number of fused-ring (bicyclic) bond motifs is 1. The second kappa shape index (κ2) is 5.18. The monoisotopic (exact) mass is 223 g/mol. The second-order valence-electron chi connectivity index (χ2n) is 3.96. The van der Waals surface area contributed by atoms with Crippen molar-refractivity contribution in [3.05, 3.63) is 23.8 Å². The van der Waals surface area contributed by atoms with Crippen molar-refractivity contribution in [3.63, 3.8) is 0 Å². The third-order valence-electron chi connectivity index (χ3n) is 2.69. The van der Waals surface area contributed by atoms with E-state index in [1.807, 2.05) is 18.2 Å². The second-order valence-corrected chi connectivity index (χ2v) is 3.96. The molecule has 2 rings (SSSR count). The van der Waals surface area contributed by atoms with E-state index in [0.717, 1.165) is 30.8 Å². The van der Waals surface area contributed by atoms with Crippen LogP contribution in [-0.4, -0.2) is 36.1 Å². The van der Waals surface area contributed by atoms with Gasteiger partial charge in [-0.05, 0) is 25.0 Å². The average molecular weight is 223 g/mol. The predicted octanol–water partition coefficient (Wildman–Crippen LogP) is 0.777. The average Bonchev–Trinajstić information content (AvgIpc) is 2.35. The Morgan fingerprint density at radius 3 is 3.12 bits per heavy atom. The molecule has 1 heterocycles.